The van der Waals surface area contributed by atoms with Crippen molar-refractivity contribution in [1.29, 1.82) is 0 Å². The van der Waals surface area contributed by atoms with E-state index in [9.17, 15) is 4.79 Å². The van der Waals surface area contributed by atoms with Crippen molar-refractivity contribution >= 4 is 29.1 Å². The number of carbonyl (C=O) groups excluding carboxylic acids is 1. The average molecular weight is 197 g/mol. The van der Waals surface area contributed by atoms with Gasteiger partial charge < -0.3 is 10.7 Å². The summed E-state index contributed by atoms with van der Waals surface area (Å²) >= 11 is 0. The lowest BCUT2D eigenvalue weighted by atomic mass is 10.1. The number of aromatic nitrogens is 1. The molecular weight excluding hydrogens is 188 g/mol. The molecule has 0 aliphatic rings. The lowest BCUT2D eigenvalue weighted by Crippen LogP contribution is -2.10. The zero-order valence-corrected chi connectivity index (χ0v) is 7.60. The van der Waals surface area contributed by atoms with Crippen LogP contribution < -0.4 is 5.73 Å². The first-order valence-electron chi connectivity index (χ1n) is 3.64. The number of primary amides is 1. The molecule has 0 unspecified atom stereocenters. The Bertz CT molecular complexity index is 436. The molecule has 1 amide bonds. The van der Waals surface area contributed by atoms with E-state index in [2.05, 4.69) is 4.98 Å². The Hall–Kier alpha value is -1.48. The second kappa shape index (κ2) is 3.49. The molecule has 1 aromatic heterocycles. The van der Waals surface area contributed by atoms with Gasteiger partial charge in [-0.25, -0.2) is 0 Å². The van der Waals surface area contributed by atoms with E-state index in [1.165, 1.54) is 0 Å². The Balaban J connectivity index is 0.000000845. The van der Waals surface area contributed by atoms with Crippen LogP contribution >= 0.6 is 12.4 Å². The van der Waals surface area contributed by atoms with E-state index in [-0.39, 0.29) is 18.3 Å². The number of nitrogens with one attached hydrogen (secondary N) is 1. The predicted octanol–water partition coefficient (Wildman–Crippen LogP) is 1.69. The standard InChI is InChI=1S/C9H8N2O.ClH/c10-9(12)7-3-1-2-6-4-11-5-8(6)7;/h1-5,11H,(H2,10,12);1H. The highest BCUT2D eigenvalue weighted by atomic mass is 35.5. The number of aromatic amines is 1. The molecule has 68 valence electrons. The summed E-state index contributed by atoms with van der Waals surface area (Å²) in [5, 5.41) is 1.89. The van der Waals surface area contributed by atoms with Crippen molar-refractivity contribution in [3.63, 3.8) is 0 Å². The first-order chi connectivity index (χ1) is 5.79. The Kier molecular flexibility index (Phi) is 2.58. The first kappa shape index (κ1) is 9.61. The van der Waals surface area contributed by atoms with Crippen LogP contribution in [0.3, 0.4) is 0 Å². The van der Waals surface area contributed by atoms with Gasteiger partial charge in [-0.3, -0.25) is 4.79 Å². The number of halogens is 1. The number of amides is 1. The molecule has 0 radical (unpaired) electrons. The molecular formula is C9H9ClN2O. The zero-order chi connectivity index (χ0) is 8.55. The van der Waals surface area contributed by atoms with Gasteiger partial charge in [-0.05, 0) is 11.5 Å². The van der Waals surface area contributed by atoms with Gasteiger partial charge in [0.2, 0.25) is 5.91 Å². The Morgan fingerprint density at radius 2 is 2.08 bits per heavy atom. The highest BCUT2D eigenvalue weighted by Gasteiger charge is 2.04. The summed E-state index contributed by atoms with van der Waals surface area (Å²) in [6, 6.07) is 5.47. The maximum absolute atomic E-state index is 10.9. The Morgan fingerprint density at radius 1 is 1.31 bits per heavy atom. The van der Waals surface area contributed by atoms with E-state index in [0.29, 0.717) is 5.56 Å². The molecule has 0 bridgehead atoms. The molecule has 0 aliphatic heterocycles. The van der Waals surface area contributed by atoms with E-state index >= 15 is 0 Å². The smallest absolute Gasteiger partial charge is 0.249 e. The van der Waals surface area contributed by atoms with Gasteiger partial charge in [0.05, 0.1) is 0 Å². The topological polar surface area (TPSA) is 58.9 Å². The van der Waals surface area contributed by atoms with Gasteiger partial charge in [-0.1, -0.05) is 12.1 Å². The first-order valence-corrected chi connectivity index (χ1v) is 3.64. The van der Waals surface area contributed by atoms with Crippen LogP contribution in [0.15, 0.2) is 30.6 Å². The van der Waals surface area contributed by atoms with Gasteiger partial charge in [0.15, 0.2) is 0 Å². The molecule has 0 fully saturated rings. The van der Waals surface area contributed by atoms with Crippen molar-refractivity contribution in [3.8, 4) is 0 Å². The molecule has 3 N–H and O–H groups in total. The molecule has 0 atom stereocenters. The quantitative estimate of drug-likeness (QED) is 0.717. The summed E-state index contributed by atoms with van der Waals surface area (Å²) in [6.07, 6.45) is 3.61. The molecule has 4 heteroatoms. The number of hydrogen-bond acceptors (Lipinski definition) is 1. The van der Waals surface area contributed by atoms with Crippen LogP contribution in [-0.2, 0) is 0 Å². The summed E-state index contributed by atoms with van der Waals surface area (Å²) in [5.41, 5.74) is 5.75. The molecule has 1 heterocycles. The second-order valence-electron chi connectivity index (χ2n) is 2.63. The van der Waals surface area contributed by atoms with Crippen LogP contribution in [0.2, 0.25) is 0 Å². The summed E-state index contributed by atoms with van der Waals surface area (Å²) < 4.78 is 0. The van der Waals surface area contributed by atoms with Crippen LogP contribution in [0.5, 0.6) is 0 Å². The number of nitrogens with two attached hydrogens (primary N) is 1. The third-order valence-corrected chi connectivity index (χ3v) is 1.87. The lowest BCUT2D eigenvalue weighted by Gasteiger charge is -1.95. The minimum atomic E-state index is -0.389. The summed E-state index contributed by atoms with van der Waals surface area (Å²) in [4.78, 5) is 13.8. The summed E-state index contributed by atoms with van der Waals surface area (Å²) in [5.74, 6) is -0.389. The van der Waals surface area contributed by atoms with Crippen LogP contribution in [0, 0.1) is 0 Å². The van der Waals surface area contributed by atoms with E-state index < -0.39 is 0 Å². The zero-order valence-electron chi connectivity index (χ0n) is 6.78. The monoisotopic (exact) mass is 196 g/mol. The summed E-state index contributed by atoms with van der Waals surface area (Å²) in [6.45, 7) is 0. The van der Waals surface area contributed by atoms with Gasteiger partial charge in [0, 0.05) is 23.3 Å². The van der Waals surface area contributed by atoms with E-state index in [1.807, 2.05) is 18.3 Å². The van der Waals surface area contributed by atoms with Crippen LogP contribution in [0.25, 0.3) is 10.8 Å². The van der Waals surface area contributed by atoms with Crippen LogP contribution in [-0.4, -0.2) is 10.9 Å². The minimum Gasteiger partial charge on any atom is -0.366 e. The van der Waals surface area contributed by atoms with E-state index in [1.54, 1.807) is 12.3 Å². The van der Waals surface area contributed by atoms with Crippen molar-refractivity contribution < 1.29 is 4.79 Å². The largest absolute Gasteiger partial charge is 0.366 e. The second-order valence-corrected chi connectivity index (χ2v) is 2.63. The van der Waals surface area contributed by atoms with Gasteiger partial charge >= 0.3 is 0 Å². The molecule has 2 aromatic rings. The van der Waals surface area contributed by atoms with E-state index in [0.717, 1.165) is 10.8 Å². The molecule has 0 spiro atoms. The number of rotatable bonds is 1. The Labute approximate surface area is 81.3 Å². The maximum atomic E-state index is 10.9. The van der Waals surface area contributed by atoms with Gasteiger partial charge in [-0.2, -0.15) is 0 Å². The maximum Gasteiger partial charge on any atom is 0.249 e. The van der Waals surface area contributed by atoms with Crippen molar-refractivity contribution in [2.45, 2.75) is 0 Å². The fourth-order valence-corrected chi connectivity index (χ4v) is 1.30. The third-order valence-electron chi connectivity index (χ3n) is 1.87. The van der Waals surface area contributed by atoms with Crippen molar-refractivity contribution in [2.75, 3.05) is 0 Å². The van der Waals surface area contributed by atoms with Gasteiger partial charge in [0.1, 0.15) is 0 Å². The summed E-state index contributed by atoms with van der Waals surface area (Å²) in [7, 11) is 0. The highest BCUT2D eigenvalue weighted by molar-refractivity contribution is 6.06. The number of carbonyl (C=O) groups is 1. The van der Waals surface area contributed by atoms with Crippen molar-refractivity contribution in [3.05, 3.63) is 36.2 Å². The average Bonchev–Trinajstić information content (AvgIpc) is 2.49. The fourth-order valence-electron chi connectivity index (χ4n) is 1.30. The molecule has 0 saturated carbocycles. The molecule has 1 aromatic carbocycles. The molecule has 13 heavy (non-hydrogen) atoms. The molecule has 0 saturated heterocycles. The minimum absolute atomic E-state index is 0. The van der Waals surface area contributed by atoms with Crippen LogP contribution in [0.4, 0.5) is 0 Å². The predicted molar refractivity (Wildman–Crippen MR) is 54.1 cm³/mol. The molecule has 0 aliphatic carbocycles. The van der Waals surface area contributed by atoms with Gasteiger partial charge in [-0.15, -0.1) is 12.4 Å². The third kappa shape index (κ3) is 1.51. The molecule has 2 rings (SSSR count). The fraction of sp³-hybridized carbons (Fsp3) is 0. The van der Waals surface area contributed by atoms with Crippen LogP contribution in [0.1, 0.15) is 10.4 Å². The highest BCUT2D eigenvalue weighted by Crippen LogP contribution is 2.16. The van der Waals surface area contributed by atoms with E-state index in [4.69, 9.17) is 5.73 Å². The SMILES string of the molecule is Cl.NC(=O)c1cccc2c[nH]cc12. The number of hydrogen-bond donors (Lipinski definition) is 2. The van der Waals surface area contributed by atoms with Gasteiger partial charge in [0.25, 0.3) is 0 Å². The van der Waals surface area contributed by atoms with Crippen molar-refractivity contribution in [1.82, 2.24) is 4.98 Å². The van der Waals surface area contributed by atoms with Crippen molar-refractivity contribution in [2.24, 2.45) is 5.73 Å². The number of fused-ring (bicyclic) bond motifs is 1. The number of benzene rings is 1. The molecule has 3 nitrogen and oxygen atoms in total. The number of H-pyrrole nitrogens is 1. The Morgan fingerprint density at radius 3 is 2.77 bits per heavy atom. The lowest BCUT2D eigenvalue weighted by molar-refractivity contribution is 0.100. The normalized spacial score (nSPS) is 9.54.